The van der Waals surface area contributed by atoms with Crippen molar-refractivity contribution in [2.45, 2.75) is 6.04 Å². The Balaban J connectivity index is 2.36. The van der Waals surface area contributed by atoms with Crippen molar-refractivity contribution < 1.29 is 9.88 Å². The minimum atomic E-state index is 0.00810. The Hall–Kier alpha value is -0.540. The molecule has 1 atom stereocenters. The minimum Gasteiger partial charge on any atom is -0.328 e. The quantitative estimate of drug-likeness (QED) is 0.440. The molecule has 3 nitrogen and oxygen atoms in total. The fourth-order valence-corrected chi connectivity index (χ4v) is 0.284. The van der Waals surface area contributed by atoms with Gasteiger partial charge in [-0.3, -0.25) is 0 Å². The van der Waals surface area contributed by atoms with Crippen molar-refractivity contribution in [3.8, 4) is 0 Å². The number of nitrogens with one attached hydrogen (secondary N) is 1. The van der Waals surface area contributed by atoms with Gasteiger partial charge >= 0.3 is 0 Å². The van der Waals surface area contributed by atoms with Gasteiger partial charge in [0.1, 0.15) is 6.26 Å². The molecule has 0 aliphatic carbocycles. The predicted molar refractivity (Wildman–Crippen MR) is 23.6 cm³/mol. The molecule has 0 aromatic heterocycles. The first kappa shape index (κ1) is 4.61. The van der Waals surface area contributed by atoms with Crippen LogP contribution in [0.5, 0.6) is 0 Å². The van der Waals surface area contributed by atoms with Gasteiger partial charge in [-0.05, 0) is 13.0 Å². The summed E-state index contributed by atoms with van der Waals surface area (Å²) in [6.07, 6.45) is 3.18. The molecule has 1 radical (unpaired) electrons. The van der Waals surface area contributed by atoms with E-state index in [9.17, 15) is 0 Å². The third-order valence-corrected chi connectivity index (χ3v) is 0.614. The van der Waals surface area contributed by atoms with E-state index in [1.165, 1.54) is 6.26 Å². The van der Waals surface area contributed by atoms with Crippen molar-refractivity contribution in [1.29, 1.82) is 0 Å². The maximum absolute atomic E-state index is 4.31. The molecule has 39 valence electrons. The highest BCUT2D eigenvalue weighted by Crippen LogP contribution is 1.91. The van der Waals surface area contributed by atoms with Crippen molar-refractivity contribution in [2.24, 2.45) is 0 Å². The molecular formula is C4H6NO2. The normalized spacial score (nSPS) is 29.6. The second-order valence-corrected chi connectivity index (χ2v) is 1.23. The molecule has 7 heavy (non-hydrogen) atoms. The molecule has 0 aromatic carbocycles. The summed E-state index contributed by atoms with van der Waals surface area (Å²) < 4.78 is 0. The van der Waals surface area contributed by atoms with Crippen molar-refractivity contribution in [3.05, 3.63) is 19.3 Å². The lowest BCUT2D eigenvalue weighted by atomic mass is 10.4. The van der Waals surface area contributed by atoms with E-state index >= 15 is 0 Å². The average Bonchev–Trinajstić information content (AvgIpc) is 1.69. The Morgan fingerprint density at radius 2 is 2.57 bits per heavy atom. The molecule has 0 saturated carbocycles. The Labute approximate surface area is 41.8 Å². The van der Waals surface area contributed by atoms with Crippen LogP contribution in [0.3, 0.4) is 0 Å². The van der Waals surface area contributed by atoms with Crippen molar-refractivity contribution in [3.63, 3.8) is 0 Å². The standard InChI is InChI=1S/C4H6NO2/c1-4-2-3-6-7-5-4/h2-5H,1H2. The van der Waals surface area contributed by atoms with Gasteiger partial charge in [0.25, 0.3) is 0 Å². The summed E-state index contributed by atoms with van der Waals surface area (Å²) >= 11 is 0. The molecule has 1 aliphatic heterocycles. The first-order chi connectivity index (χ1) is 3.39. The van der Waals surface area contributed by atoms with E-state index in [4.69, 9.17) is 0 Å². The van der Waals surface area contributed by atoms with Crippen LogP contribution in [-0.2, 0) is 9.88 Å². The molecular weight excluding hydrogens is 94.0 g/mol. The van der Waals surface area contributed by atoms with Crippen LogP contribution in [0.25, 0.3) is 0 Å². The van der Waals surface area contributed by atoms with E-state index in [0.29, 0.717) is 0 Å². The summed E-state index contributed by atoms with van der Waals surface area (Å²) in [4.78, 5) is 8.59. The maximum atomic E-state index is 4.31. The van der Waals surface area contributed by atoms with Gasteiger partial charge in [-0.2, -0.15) is 5.48 Å². The van der Waals surface area contributed by atoms with Crippen LogP contribution in [0.1, 0.15) is 0 Å². The fourth-order valence-electron chi connectivity index (χ4n) is 0.284. The van der Waals surface area contributed by atoms with Gasteiger partial charge in [-0.15, -0.1) is 0 Å². The van der Waals surface area contributed by atoms with Crippen LogP contribution in [0.4, 0.5) is 0 Å². The van der Waals surface area contributed by atoms with Crippen LogP contribution >= 0.6 is 0 Å². The van der Waals surface area contributed by atoms with Gasteiger partial charge in [0.15, 0.2) is 0 Å². The highest BCUT2D eigenvalue weighted by atomic mass is 17.3. The van der Waals surface area contributed by atoms with E-state index in [2.05, 4.69) is 22.3 Å². The van der Waals surface area contributed by atoms with E-state index in [1.807, 2.05) is 0 Å². The number of hydroxylamine groups is 1. The molecule has 1 rings (SSSR count). The Kier molecular flexibility index (Phi) is 1.29. The summed E-state index contributed by atoms with van der Waals surface area (Å²) in [6.45, 7) is 3.59. The lowest BCUT2D eigenvalue weighted by Crippen LogP contribution is -2.26. The largest absolute Gasteiger partial charge is 0.328 e. The van der Waals surface area contributed by atoms with Gasteiger partial charge in [0, 0.05) is 0 Å². The van der Waals surface area contributed by atoms with Crippen molar-refractivity contribution >= 4 is 0 Å². The van der Waals surface area contributed by atoms with Crippen LogP contribution < -0.4 is 5.48 Å². The zero-order chi connectivity index (χ0) is 5.11. The highest BCUT2D eigenvalue weighted by molar-refractivity contribution is 4.89. The fraction of sp³-hybridized carbons (Fsp3) is 0.250. The summed E-state index contributed by atoms with van der Waals surface area (Å²) in [5.41, 5.74) is 2.46. The average molecular weight is 100 g/mol. The van der Waals surface area contributed by atoms with Crippen molar-refractivity contribution in [2.75, 3.05) is 0 Å². The number of rotatable bonds is 0. The summed E-state index contributed by atoms with van der Waals surface area (Å²) in [7, 11) is 0. The lowest BCUT2D eigenvalue weighted by Gasteiger charge is -2.10. The Morgan fingerprint density at radius 1 is 1.71 bits per heavy atom. The SMILES string of the molecule is [CH2]C1C=COON1. The molecule has 0 aromatic rings. The third kappa shape index (κ3) is 1.17. The van der Waals surface area contributed by atoms with Gasteiger partial charge in [0.05, 0.1) is 6.04 Å². The predicted octanol–water partition coefficient (Wildman–Crippen LogP) is 0.169. The molecule has 3 heteroatoms. The van der Waals surface area contributed by atoms with E-state index in [-0.39, 0.29) is 6.04 Å². The lowest BCUT2D eigenvalue weighted by molar-refractivity contribution is -0.306. The summed E-state index contributed by atoms with van der Waals surface area (Å²) in [5, 5.41) is 0. The van der Waals surface area contributed by atoms with E-state index in [1.54, 1.807) is 6.08 Å². The maximum Gasteiger partial charge on any atom is 0.129 e. The molecule has 1 unspecified atom stereocenters. The zero-order valence-electron chi connectivity index (χ0n) is 3.76. The second kappa shape index (κ2) is 1.95. The van der Waals surface area contributed by atoms with Gasteiger partial charge < -0.3 is 4.89 Å². The second-order valence-electron chi connectivity index (χ2n) is 1.23. The minimum absolute atomic E-state index is 0.00810. The van der Waals surface area contributed by atoms with Crippen molar-refractivity contribution in [1.82, 2.24) is 5.48 Å². The molecule has 0 spiro atoms. The Morgan fingerprint density at radius 3 is 2.86 bits per heavy atom. The molecule has 0 amide bonds. The number of hydrogen-bond acceptors (Lipinski definition) is 3. The molecule has 1 heterocycles. The zero-order valence-corrected chi connectivity index (χ0v) is 3.76. The van der Waals surface area contributed by atoms with Crippen LogP contribution in [0.2, 0.25) is 0 Å². The van der Waals surface area contributed by atoms with Gasteiger partial charge in [-0.1, -0.05) is 4.99 Å². The van der Waals surface area contributed by atoms with Gasteiger partial charge in [-0.25, -0.2) is 0 Å². The highest BCUT2D eigenvalue weighted by Gasteiger charge is 1.99. The number of hydrogen-bond donors (Lipinski definition) is 1. The molecule has 1 N–H and O–H groups in total. The Bertz CT molecular complexity index is 81.8. The molecule has 0 bridgehead atoms. The smallest absolute Gasteiger partial charge is 0.129 e. The molecule has 0 saturated heterocycles. The van der Waals surface area contributed by atoms with Crippen LogP contribution in [0.15, 0.2) is 12.3 Å². The van der Waals surface area contributed by atoms with E-state index in [0.717, 1.165) is 0 Å². The summed E-state index contributed by atoms with van der Waals surface area (Å²) in [6, 6.07) is 0.00810. The monoisotopic (exact) mass is 100 g/mol. The topological polar surface area (TPSA) is 30.5 Å². The van der Waals surface area contributed by atoms with E-state index < -0.39 is 0 Å². The van der Waals surface area contributed by atoms with Crippen LogP contribution in [-0.4, -0.2) is 6.04 Å². The first-order valence-corrected chi connectivity index (χ1v) is 1.97. The molecule has 0 fully saturated rings. The first-order valence-electron chi connectivity index (χ1n) is 1.97. The molecule has 1 aliphatic rings. The van der Waals surface area contributed by atoms with Gasteiger partial charge in [0.2, 0.25) is 0 Å². The summed E-state index contributed by atoms with van der Waals surface area (Å²) in [5.74, 6) is 0. The van der Waals surface area contributed by atoms with Crippen LogP contribution in [0, 0.1) is 6.92 Å². The third-order valence-electron chi connectivity index (χ3n) is 0.614.